The summed E-state index contributed by atoms with van der Waals surface area (Å²) in [6.45, 7) is 0. The first-order valence-electron chi connectivity index (χ1n) is 18.0. The van der Waals surface area contributed by atoms with Gasteiger partial charge in [-0.3, -0.25) is 4.57 Å². The van der Waals surface area contributed by atoms with Crippen molar-refractivity contribution in [3.63, 3.8) is 0 Å². The van der Waals surface area contributed by atoms with Crippen LogP contribution >= 0.6 is 0 Å². The average Bonchev–Trinajstić information content (AvgIpc) is 3.95. The molecule has 5 nitrogen and oxygen atoms in total. The Morgan fingerprint density at radius 2 is 1.11 bits per heavy atom. The Labute approximate surface area is 300 Å². The first kappa shape index (κ1) is 27.5. The number of para-hydroxylation sites is 3. The van der Waals surface area contributed by atoms with Crippen LogP contribution in [0, 0.1) is 0 Å². The number of rotatable bonds is 2. The molecule has 0 fully saturated rings. The summed E-state index contributed by atoms with van der Waals surface area (Å²) in [4.78, 5) is 10.8. The molecule has 5 heteroatoms. The Morgan fingerprint density at radius 3 is 2.00 bits per heavy atom. The Hall–Kier alpha value is -7.24. The minimum atomic E-state index is 0.573. The lowest BCUT2D eigenvalue weighted by Crippen LogP contribution is -2.02. The summed E-state index contributed by atoms with van der Waals surface area (Å²) in [5.41, 5.74) is 9.06. The Morgan fingerprint density at radius 1 is 0.415 bits per heavy atom. The van der Waals surface area contributed by atoms with Gasteiger partial charge in [0.25, 0.3) is 0 Å². The summed E-state index contributed by atoms with van der Waals surface area (Å²) >= 11 is 0. The maximum atomic E-state index is 6.55. The molecule has 0 aliphatic heterocycles. The standard InChI is InChI=1S/C48H26N4O/c1-2-13-29-25-30(22-21-27(29)11-1)44-43-34-17-7-10-20-40(34)53-47(43)50-48(49-44)51-38-19-9-6-16-33(38)41-39(51)26-36-32-15-5-8-18-37(32)52-45-31-14-4-3-12-28(31)23-24-35(45)42(41)46(36)52/h1-26H. The summed E-state index contributed by atoms with van der Waals surface area (Å²) in [6.07, 6.45) is 0. The fourth-order valence-corrected chi connectivity index (χ4v) is 9.24. The van der Waals surface area contributed by atoms with E-state index in [4.69, 9.17) is 14.4 Å². The molecule has 0 bridgehead atoms. The molecule has 13 rings (SSSR count). The highest BCUT2D eigenvalue weighted by molar-refractivity contribution is 6.37. The molecule has 53 heavy (non-hydrogen) atoms. The molecular weight excluding hydrogens is 649 g/mol. The third-order valence-electron chi connectivity index (χ3n) is 11.4. The number of hydrogen-bond acceptors (Lipinski definition) is 3. The van der Waals surface area contributed by atoms with Crippen molar-refractivity contribution in [1.82, 2.24) is 18.9 Å². The number of hydrogen-bond donors (Lipinski definition) is 0. The molecule has 0 saturated heterocycles. The monoisotopic (exact) mass is 674 g/mol. The highest BCUT2D eigenvalue weighted by Gasteiger charge is 2.26. The van der Waals surface area contributed by atoms with E-state index >= 15 is 0 Å². The van der Waals surface area contributed by atoms with E-state index in [-0.39, 0.29) is 0 Å². The van der Waals surface area contributed by atoms with Gasteiger partial charge in [-0.25, -0.2) is 4.98 Å². The molecule has 0 aliphatic carbocycles. The molecule has 244 valence electrons. The number of aromatic nitrogens is 4. The SMILES string of the molecule is c1ccc2cc(-c3nc(-n4c5ccccc5c5c6c7ccc8ccccc8c7n7c8ccccc8c(cc54)c67)nc4oc5ccccc5c34)ccc2c1. The lowest BCUT2D eigenvalue weighted by Gasteiger charge is -2.10. The van der Waals surface area contributed by atoms with E-state index < -0.39 is 0 Å². The Bertz CT molecular complexity index is 3700. The first-order chi connectivity index (χ1) is 26.3. The van der Waals surface area contributed by atoms with Crippen molar-refractivity contribution in [3.05, 3.63) is 158 Å². The number of nitrogens with zero attached hydrogens (tertiary/aromatic N) is 4. The maximum Gasteiger partial charge on any atom is 0.238 e. The van der Waals surface area contributed by atoms with Gasteiger partial charge in [0.15, 0.2) is 0 Å². The largest absolute Gasteiger partial charge is 0.437 e. The lowest BCUT2D eigenvalue weighted by atomic mass is 10.00. The van der Waals surface area contributed by atoms with Crippen molar-refractivity contribution in [2.45, 2.75) is 0 Å². The molecule has 0 amide bonds. The normalized spacial score (nSPS) is 12.5. The van der Waals surface area contributed by atoms with Crippen LogP contribution in [0.15, 0.2) is 162 Å². The molecule has 0 atom stereocenters. The van der Waals surface area contributed by atoms with Gasteiger partial charge in [0.05, 0.1) is 38.7 Å². The van der Waals surface area contributed by atoms with E-state index in [0.29, 0.717) is 11.7 Å². The quantitative estimate of drug-likeness (QED) is 0.183. The third-order valence-corrected chi connectivity index (χ3v) is 11.4. The maximum absolute atomic E-state index is 6.55. The van der Waals surface area contributed by atoms with Gasteiger partial charge in [-0.1, -0.05) is 127 Å². The first-order valence-corrected chi connectivity index (χ1v) is 18.0. The predicted molar refractivity (Wildman–Crippen MR) is 219 cm³/mol. The molecule has 0 saturated carbocycles. The molecule has 13 aromatic rings. The Balaban J connectivity index is 1.23. The van der Waals surface area contributed by atoms with Gasteiger partial charge in [-0.2, -0.15) is 4.98 Å². The number of benzene rings is 8. The summed E-state index contributed by atoms with van der Waals surface area (Å²) in [5.74, 6) is 0.581. The van der Waals surface area contributed by atoms with Gasteiger partial charge in [0.1, 0.15) is 5.58 Å². The zero-order chi connectivity index (χ0) is 34.4. The van der Waals surface area contributed by atoms with Crippen LogP contribution in [0.2, 0.25) is 0 Å². The lowest BCUT2D eigenvalue weighted by molar-refractivity contribution is 0.651. The fourth-order valence-electron chi connectivity index (χ4n) is 9.24. The van der Waals surface area contributed by atoms with E-state index in [0.717, 1.165) is 49.4 Å². The predicted octanol–water partition coefficient (Wildman–Crippen LogP) is 12.6. The summed E-state index contributed by atoms with van der Waals surface area (Å²) in [6, 6.07) is 56.4. The van der Waals surface area contributed by atoms with Gasteiger partial charge in [0, 0.05) is 48.7 Å². The second-order valence-corrected chi connectivity index (χ2v) is 14.1. The van der Waals surface area contributed by atoms with Crippen LogP contribution in [0.3, 0.4) is 0 Å². The molecule has 8 aromatic carbocycles. The highest BCUT2D eigenvalue weighted by atomic mass is 16.3. The van der Waals surface area contributed by atoms with Crippen molar-refractivity contribution < 1.29 is 4.42 Å². The van der Waals surface area contributed by atoms with Crippen molar-refractivity contribution in [1.29, 1.82) is 0 Å². The average molecular weight is 675 g/mol. The molecule has 0 N–H and O–H groups in total. The highest BCUT2D eigenvalue weighted by Crippen LogP contribution is 2.48. The second kappa shape index (κ2) is 9.75. The van der Waals surface area contributed by atoms with E-state index in [1.54, 1.807) is 0 Å². The van der Waals surface area contributed by atoms with Crippen LogP contribution in [-0.2, 0) is 0 Å². The zero-order valence-electron chi connectivity index (χ0n) is 28.2. The molecular formula is C48H26N4O. The fraction of sp³-hybridized carbons (Fsp3) is 0. The van der Waals surface area contributed by atoms with Gasteiger partial charge in [-0.05, 0) is 46.5 Å². The minimum absolute atomic E-state index is 0.573. The Kier molecular flexibility index (Phi) is 5.06. The van der Waals surface area contributed by atoms with Gasteiger partial charge >= 0.3 is 0 Å². The second-order valence-electron chi connectivity index (χ2n) is 14.1. The molecule has 0 spiro atoms. The van der Waals surface area contributed by atoms with Gasteiger partial charge in [0.2, 0.25) is 11.7 Å². The molecule has 0 unspecified atom stereocenters. The molecule has 0 radical (unpaired) electrons. The van der Waals surface area contributed by atoms with Crippen molar-refractivity contribution in [2.24, 2.45) is 0 Å². The van der Waals surface area contributed by atoms with Crippen molar-refractivity contribution >= 4 is 104 Å². The molecule has 0 aliphatic rings. The number of fused-ring (bicyclic) bond motifs is 16. The van der Waals surface area contributed by atoms with Gasteiger partial charge in [-0.15, -0.1) is 0 Å². The van der Waals surface area contributed by atoms with E-state index in [9.17, 15) is 0 Å². The van der Waals surface area contributed by atoms with Crippen molar-refractivity contribution in [3.8, 4) is 17.2 Å². The van der Waals surface area contributed by atoms with Crippen LogP contribution < -0.4 is 0 Å². The van der Waals surface area contributed by atoms with Crippen LogP contribution in [0.4, 0.5) is 0 Å². The van der Waals surface area contributed by atoms with Crippen LogP contribution in [0.5, 0.6) is 0 Å². The zero-order valence-corrected chi connectivity index (χ0v) is 28.2. The van der Waals surface area contributed by atoms with Gasteiger partial charge < -0.3 is 8.82 Å². The van der Waals surface area contributed by atoms with Crippen LogP contribution in [0.25, 0.3) is 121 Å². The molecule has 5 aromatic heterocycles. The summed E-state index contributed by atoms with van der Waals surface area (Å²) in [5, 5.41) is 14.1. The van der Waals surface area contributed by atoms with E-state index in [1.807, 2.05) is 18.2 Å². The molecule has 5 heterocycles. The summed E-state index contributed by atoms with van der Waals surface area (Å²) in [7, 11) is 0. The smallest absolute Gasteiger partial charge is 0.238 e. The van der Waals surface area contributed by atoms with Crippen LogP contribution in [0.1, 0.15) is 0 Å². The van der Waals surface area contributed by atoms with E-state index in [2.05, 4.69) is 148 Å². The van der Waals surface area contributed by atoms with Crippen molar-refractivity contribution in [2.75, 3.05) is 0 Å². The van der Waals surface area contributed by atoms with E-state index in [1.165, 1.54) is 59.6 Å². The number of furan rings is 1. The summed E-state index contributed by atoms with van der Waals surface area (Å²) < 4.78 is 11.3. The minimum Gasteiger partial charge on any atom is -0.437 e. The third kappa shape index (κ3) is 3.46. The van der Waals surface area contributed by atoms with Crippen LogP contribution in [-0.4, -0.2) is 18.9 Å². The topological polar surface area (TPSA) is 48.3 Å².